The number of hydrogen-bond donors (Lipinski definition) is 4. The van der Waals surface area contributed by atoms with Crippen LogP contribution in [0, 0.1) is 0 Å². The summed E-state index contributed by atoms with van der Waals surface area (Å²) < 4.78 is 1.56. The van der Waals surface area contributed by atoms with Gasteiger partial charge in [-0.3, -0.25) is 4.79 Å². The number of nitrogens with two attached hydrogens (primary N) is 1. The number of allylic oxidation sites excluding steroid dienone is 1. The molecule has 0 fully saturated rings. The van der Waals surface area contributed by atoms with E-state index in [1.165, 1.54) is 0 Å². The minimum atomic E-state index is -0.635. The van der Waals surface area contributed by atoms with Crippen molar-refractivity contribution in [1.82, 2.24) is 14.8 Å². The average Bonchev–Trinajstić information content (AvgIpc) is 3.03. The Morgan fingerprint density at radius 1 is 1.15 bits per heavy atom. The van der Waals surface area contributed by atoms with Crippen molar-refractivity contribution in [3.05, 3.63) is 65.4 Å². The van der Waals surface area contributed by atoms with Gasteiger partial charge in [0.1, 0.15) is 17.5 Å². The molecule has 0 saturated carbocycles. The number of nitrogens with zero attached hydrogens (tertiary/aromatic N) is 3. The summed E-state index contributed by atoms with van der Waals surface area (Å²) in [6.07, 6.45) is 0. The van der Waals surface area contributed by atoms with Gasteiger partial charge in [-0.1, -0.05) is 24.3 Å². The number of nitrogens with one attached hydrogen (secondary N) is 1. The summed E-state index contributed by atoms with van der Waals surface area (Å²) >= 11 is 0. The van der Waals surface area contributed by atoms with E-state index >= 15 is 0 Å². The number of carbonyl (C=O) groups excluding carboxylic acids is 1. The molecule has 136 valence electrons. The van der Waals surface area contributed by atoms with Crippen LogP contribution in [0.2, 0.25) is 0 Å². The molecule has 27 heavy (non-hydrogen) atoms. The van der Waals surface area contributed by atoms with Gasteiger partial charge < -0.3 is 21.3 Å². The van der Waals surface area contributed by atoms with Crippen molar-refractivity contribution in [2.75, 3.05) is 5.32 Å². The summed E-state index contributed by atoms with van der Waals surface area (Å²) in [7, 11) is 0. The first-order valence-corrected chi connectivity index (χ1v) is 8.26. The zero-order chi connectivity index (χ0) is 19.1. The molecule has 0 radical (unpaired) electrons. The maximum atomic E-state index is 12.1. The highest BCUT2D eigenvalue weighted by molar-refractivity contribution is 5.95. The lowest BCUT2D eigenvalue weighted by molar-refractivity contribution is -0.115. The van der Waals surface area contributed by atoms with Gasteiger partial charge in [0.25, 0.3) is 0 Å². The van der Waals surface area contributed by atoms with Crippen molar-refractivity contribution in [2.24, 2.45) is 5.73 Å². The highest BCUT2D eigenvalue weighted by Crippen LogP contribution is 2.37. The number of primary amides is 1. The van der Waals surface area contributed by atoms with E-state index in [1.807, 2.05) is 0 Å². The van der Waals surface area contributed by atoms with E-state index in [4.69, 9.17) is 5.73 Å². The Bertz CT molecular complexity index is 1090. The van der Waals surface area contributed by atoms with Crippen molar-refractivity contribution < 1.29 is 15.0 Å². The molecule has 0 aliphatic carbocycles. The van der Waals surface area contributed by atoms with Crippen LogP contribution in [0.25, 0.3) is 11.4 Å². The molecule has 5 N–H and O–H groups in total. The summed E-state index contributed by atoms with van der Waals surface area (Å²) in [5.74, 6) is 0.405. The molecule has 1 aliphatic rings. The molecule has 8 heteroatoms. The molecule has 1 unspecified atom stereocenters. The first kappa shape index (κ1) is 16.6. The lowest BCUT2D eigenvalue weighted by atomic mass is 9.95. The van der Waals surface area contributed by atoms with Crippen molar-refractivity contribution in [3.63, 3.8) is 0 Å². The minimum absolute atomic E-state index is 0.0716. The largest absolute Gasteiger partial charge is 0.508 e. The SMILES string of the molecule is CC1=C(C(N)=O)C(c2cccc(O)c2)n2nc(-c3cccc(O)c3)nc2N1. The molecule has 3 aromatic rings. The van der Waals surface area contributed by atoms with Crippen LogP contribution >= 0.6 is 0 Å². The minimum Gasteiger partial charge on any atom is -0.508 e. The molecule has 1 atom stereocenters. The van der Waals surface area contributed by atoms with Crippen molar-refractivity contribution >= 4 is 11.9 Å². The highest BCUT2D eigenvalue weighted by Gasteiger charge is 2.33. The molecule has 1 aromatic heterocycles. The molecule has 4 rings (SSSR count). The zero-order valence-electron chi connectivity index (χ0n) is 14.4. The van der Waals surface area contributed by atoms with Crippen molar-refractivity contribution in [2.45, 2.75) is 13.0 Å². The zero-order valence-corrected chi connectivity index (χ0v) is 14.4. The third-order valence-electron chi connectivity index (χ3n) is 4.41. The predicted molar refractivity (Wildman–Crippen MR) is 98.9 cm³/mol. The van der Waals surface area contributed by atoms with Crippen LogP contribution in [0.5, 0.6) is 11.5 Å². The van der Waals surface area contributed by atoms with E-state index in [1.54, 1.807) is 60.1 Å². The molecule has 0 saturated heterocycles. The first-order chi connectivity index (χ1) is 12.9. The maximum absolute atomic E-state index is 12.1. The van der Waals surface area contributed by atoms with E-state index in [-0.39, 0.29) is 11.5 Å². The van der Waals surface area contributed by atoms with Crippen LogP contribution < -0.4 is 11.1 Å². The average molecular weight is 363 g/mol. The summed E-state index contributed by atoms with van der Waals surface area (Å²) in [5.41, 5.74) is 7.81. The predicted octanol–water partition coefficient (Wildman–Crippen LogP) is 2.13. The fraction of sp³-hybridized carbons (Fsp3) is 0.105. The van der Waals surface area contributed by atoms with E-state index in [0.29, 0.717) is 34.2 Å². The number of aromatic hydroxyl groups is 2. The number of fused-ring (bicyclic) bond motifs is 1. The Morgan fingerprint density at radius 2 is 1.85 bits per heavy atom. The van der Waals surface area contributed by atoms with Crippen LogP contribution in [0.4, 0.5) is 5.95 Å². The van der Waals surface area contributed by atoms with E-state index in [0.717, 1.165) is 0 Å². The lowest BCUT2D eigenvalue weighted by Gasteiger charge is -2.27. The quantitative estimate of drug-likeness (QED) is 0.565. The second-order valence-corrected chi connectivity index (χ2v) is 6.28. The number of phenols is 2. The third-order valence-corrected chi connectivity index (χ3v) is 4.41. The van der Waals surface area contributed by atoms with Crippen LogP contribution in [0.3, 0.4) is 0 Å². The molecular formula is C19H17N5O3. The molecular weight excluding hydrogens is 346 g/mol. The Morgan fingerprint density at radius 3 is 2.52 bits per heavy atom. The van der Waals surface area contributed by atoms with Crippen LogP contribution in [0.1, 0.15) is 18.5 Å². The second kappa shape index (κ2) is 6.17. The van der Waals surface area contributed by atoms with Crippen molar-refractivity contribution in [1.29, 1.82) is 0 Å². The topological polar surface area (TPSA) is 126 Å². The van der Waals surface area contributed by atoms with Gasteiger partial charge in [0, 0.05) is 11.3 Å². The number of rotatable bonds is 3. The standard InChI is InChI=1S/C19H17N5O3/c1-10-15(17(20)27)16(11-4-2-6-13(25)8-11)24-19(21-10)22-18(23-24)12-5-3-7-14(26)9-12/h2-9,16,25-26H,1H3,(H2,20,27)(H,21,22,23). The van der Waals surface area contributed by atoms with Gasteiger partial charge in [-0.25, -0.2) is 4.68 Å². The number of anilines is 1. The summed E-state index contributed by atoms with van der Waals surface area (Å²) in [6.45, 7) is 1.74. The Hall–Kier alpha value is -3.81. The summed E-state index contributed by atoms with van der Waals surface area (Å²) in [6, 6.07) is 12.5. The van der Waals surface area contributed by atoms with Gasteiger partial charge in [0.2, 0.25) is 11.9 Å². The van der Waals surface area contributed by atoms with Gasteiger partial charge in [-0.2, -0.15) is 4.98 Å². The van der Waals surface area contributed by atoms with Crippen LogP contribution in [-0.2, 0) is 4.79 Å². The van der Waals surface area contributed by atoms with E-state index in [2.05, 4.69) is 15.4 Å². The molecule has 2 aromatic carbocycles. The van der Waals surface area contributed by atoms with Crippen LogP contribution in [0.15, 0.2) is 59.8 Å². The number of phenolic OH excluding ortho intramolecular Hbond substituents is 2. The van der Waals surface area contributed by atoms with Crippen LogP contribution in [-0.4, -0.2) is 30.9 Å². The molecule has 1 aliphatic heterocycles. The second-order valence-electron chi connectivity index (χ2n) is 6.28. The van der Waals surface area contributed by atoms with Crippen molar-refractivity contribution in [3.8, 4) is 22.9 Å². The fourth-order valence-corrected chi connectivity index (χ4v) is 3.24. The summed E-state index contributed by atoms with van der Waals surface area (Å²) in [5, 5.41) is 27.2. The number of carbonyl (C=O) groups is 1. The van der Waals surface area contributed by atoms with Gasteiger partial charge in [-0.05, 0) is 36.8 Å². The van der Waals surface area contributed by atoms with Gasteiger partial charge in [0.15, 0.2) is 5.82 Å². The fourth-order valence-electron chi connectivity index (χ4n) is 3.24. The molecule has 2 heterocycles. The van der Waals surface area contributed by atoms with E-state index < -0.39 is 11.9 Å². The number of aromatic nitrogens is 3. The number of hydrogen-bond acceptors (Lipinski definition) is 6. The van der Waals surface area contributed by atoms with E-state index in [9.17, 15) is 15.0 Å². The number of amides is 1. The Labute approximate surface area is 154 Å². The summed E-state index contributed by atoms with van der Waals surface area (Å²) in [4.78, 5) is 16.6. The maximum Gasteiger partial charge on any atom is 0.248 e. The Kier molecular flexibility index (Phi) is 3.80. The third kappa shape index (κ3) is 2.86. The normalized spacial score (nSPS) is 16.0. The Balaban J connectivity index is 1.90. The van der Waals surface area contributed by atoms with Gasteiger partial charge in [-0.15, -0.1) is 5.10 Å². The first-order valence-electron chi connectivity index (χ1n) is 8.26. The molecule has 1 amide bonds. The molecule has 0 bridgehead atoms. The number of benzene rings is 2. The molecule has 8 nitrogen and oxygen atoms in total. The smallest absolute Gasteiger partial charge is 0.248 e. The van der Waals surface area contributed by atoms with Gasteiger partial charge >= 0.3 is 0 Å². The monoisotopic (exact) mass is 363 g/mol. The molecule has 0 spiro atoms. The highest BCUT2D eigenvalue weighted by atomic mass is 16.3. The lowest BCUT2D eigenvalue weighted by Crippen LogP contribution is -2.31. The van der Waals surface area contributed by atoms with Gasteiger partial charge in [0.05, 0.1) is 5.57 Å².